The van der Waals surface area contributed by atoms with Crippen LogP contribution in [0.25, 0.3) is 0 Å². The monoisotopic (exact) mass is 288 g/mol. The highest BCUT2D eigenvalue weighted by Crippen LogP contribution is 2.36. The number of anilines is 2. The van der Waals surface area contributed by atoms with Crippen LogP contribution < -0.4 is 7.85 Å². The number of benzene rings is 1. The second-order valence-electron chi connectivity index (χ2n) is 2.41. The average molecular weight is 290 g/mol. The second-order valence-corrected chi connectivity index (χ2v) is 3.94. The quantitative estimate of drug-likeness (QED) is 0.676. The zero-order chi connectivity index (χ0) is 8.55. The van der Waals surface area contributed by atoms with Crippen LogP contribution in [0.2, 0.25) is 0 Å². The van der Waals surface area contributed by atoms with Crippen molar-refractivity contribution in [2.24, 2.45) is 0 Å². The highest BCUT2D eigenvalue weighted by atomic mass is 79.9. The molecule has 4 heteroatoms. The summed E-state index contributed by atoms with van der Waals surface area (Å²) in [5.74, 6) is 0. The SMILES string of the molecule is BrN1C=CN(Br)c2ccccc21. The summed E-state index contributed by atoms with van der Waals surface area (Å²) in [6.45, 7) is 0. The molecular formula is C8H6Br2N2. The summed E-state index contributed by atoms with van der Waals surface area (Å²) in [4.78, 5) is 0. The van der Waals surface area contributed by atoms with Gasteiger partial charge in [0, 0.05) is 12.4 Å². The van der Waals surface area contributed by atoms with Crippen molar-refractivity contribution in [2.75, 3.05) is 7.85 Å². The predicted octanol–water partition coefficient (Wildman–Crippen LogP) is 3.40. The van der Waals surface area contributed by atoms with E-state index in [9.17, 15) is 0 Å². The number of hydrogen-bond acceptors (Lipinski definition) is 2. The molecule has 0 aliphatic carbocycles. The summed E-state index contributed by atoms with van der Waals surface area (Å²) in [6, 6.07) is 8.10. The molecule has 0 atom stereocenters. The molecule has 0 saturated heterocycles. The maximum Gasteiger partial charge on any atom is 0.0764 e. The standard InChI is InChI=1S/C8H6Br2N2/c9-11-5-6-12(10)8-4-2-1-3-7(8)11/h1-6H. The lowest BCUT2D eigenvalue weighted by atomic mass is 10.2. The van der Waals surface area contributed by atoms with E-state index in [1.807, 2.05) is 44.5 Å². The van der Waals surface area contributed by atoms with E-state index in [0.717, 1.165) is 11.4 Å². The van der Waals surface area contributed by atoms with Crippen LogP contribution in [0.3, 0.4) is 0 Å². The zero-order valence-electron chi connectivity index (χ0n) is 6.11. The minimum atomic E-state index is 1.12. The molecule has 1 aromatic carbocycles. The van der Waals surface area contributed by atoms with E-state index in [2.05, 4.69) is 32.3 Å². The number of para-hydroxylation sites is 2. The number of fused-ring (bicyclic) bond motifs is 1. The first kappa shape index (κ1) is 8.13. The van der Waals surface area contributed by atoms with E-state index in [0.29, 0.717) is 0 Å². The van der Waals surface area contributed by atoms with Crippen molar-refractivity contribution in [3.63, 3.8) is 0 Å². The van der Waals surface area contributed by atoms with Gasteiger partial charge in [-0.3, -0.25) is 7.85 Å². The first-order chi connectivity index (χ1) is 5.79. The molecule has 0 radical (unpaired) electrons. The fraction of sp³-hybridized carbons (Fsp3) is 0. The van der Waals surface area contributed by atoms with Crippen molar-refractivity contribution >= 4 is 43.7 Å². The summed E-state index contributed by atoms with van der Waals surface area (Å²) >= 11 is 6.83. The summed E-state index contributed by atoms with van der Waals surface area (Å²) in [5, 5.41) is 0. The lowest BCUT2D eigenvalue weighted by molar-refractivity contribution is 1.33. The Hall–Kier alpha value is -0.480. The minimum absolute atomic E-state index is 1.12. The molecule has 0 unspecified atom stereocenters. The van der Waals surface area contributed by atoms with Gasteiger partial charge in [-0.1, -0.05) is 12.1 Å². The third-order valence-electron chi connectivity index (χ3n) is 1.67. The molecule has 1 aliphatic rings. The van der Waals surface area contributed by atoms with Crippen molar-refractivity contribution in [2.45, 2.75) is 0 Å². The Morgan fingerprint density at radius 2 is 1.25 bits per heavy atom. The fourth-order valence-corrected chi connectivity index (χ4v) is 1.91. The summed E-state index contributed by atoms with van der Waals surface area (Å²) in [6.07, 6.45) is 3.86. The van der Waals surface area contributed by atoms with Gasteiger partial charge in [0.05, 0.1) is 43.7 Å². The number of nitrogens with zero attached hydrogens (tertiary/aromatic N) is 2. The molecule has 2 nitrogen and oxygen atoms in total. The fourth-order valence-electron chi connectivity index (χ4n) is 1.10. The van der Waals surface area contributed by atoms with Gasteiger partial charge in [0.1, 0.15) is 0 Å². The Labute approximate surface area is 88.1 Å². The molecule has 0 bridgehead atoms. The Balaban J connectivity index is 2.54. The first-order valence-corrected chi connectivity index (χ1v) is 4.88. The Kier molecular flexibility index (Phi) is 2.11. The number of halogens is 2. The van der Waals surface area contributed by atoms with Gasteiger partial charge < -0.3 is 0 Å². The van der Waals surface area contributed by atoms with Crippen LogP contribution in [0.1, 0.15) is 0 Å². The second kappa shape index (κ2) is 3.11. The molecule has 1 heterocycles. The largest absolute Gasteiger partial charge is 0.281 e. The molecule has 12 heavy (non-hydrogen) atoms. The van der Waals surface area contributed by atoms with Crippen molar-refractivity contribution in [3.8, 4) is 0 Å². The lowest BCUT2D eigenvalue weighted by Gasteiger charge is -2.24. The van der Waals surface area contributed by atoms with Crippen LogP contribution in [-0.4, -0.2) is 0 Å². The summed E-state index contributed by atoms with van der Waals surface area (Å²) in [7, 11) is 0. The van der Waals surface area contributed by atoms with Crippen LogP contribution in [0.5, 0.6) is 0 Å². The van der Waals surface area contributed by atoms with E-state index < -0.39 is 0 Å². The molecule has 0 aromatic heterocycles. The normalized spacial score (nSPS) is 14.8. The Morgan fingerprint density at radius 3 is 1.67 bits per heavy atom. The third kappa shape index (κ3) is 1.25. The van der Waals surface area contributed by atoms with Gasteiger partial charge in [0.15, 0.2) is 0 Å². The molecule has 1 aromatic rings. The minimum Gasteiger partial charge on any atom is -0.281 e. The molecular weight excluding hydrogens is 284 g/mol. The smallest absolute Gasteiger partial charge is 0.0764 e. The zero-order valence-corrected chi connectivity index (χ0v) is 9.29. The predicted molar refractivity (Wildman–Crippen MR) is 58.4 cm³/mol. The summed E-state index contributed by atoms with van der Waals surface area (Å²) in [5.41, 5.74) is 2.24. The van der Waals surface area contributed by atoms with Gasteiger partial charge in [-0.2, -0.15) is 0 Å². The van der Waals surface area contributed by atoms with E-state index in [-0.39, 0.29) is 0 Å². The van der Waals surface area contributed by atoms with Crippen molar-refractivity contribution in [3.05, 3.63) is 36.7 Å². The molecule has 0 N–H and O–H groups in total. The van der Waals surface area contributed by atoms with Gasteiger partial charge in [-0.25, -0.2) is 0 Å². The summed E-state index contributed by atoms with van der Waals surface area (Å²) < 4.78 is 3.81. The van der Waals surface area contributed by atoms with Crippen LogP contribution in [-0.2, 0) is 0 Å². The van der Waals surface area contributed by atoms with Crippen molar-refractivity contribution in [1.29, 1.82) is 0 Å². The molecule has 1 aliphatic heterocycles. The number of hydrogen-bond donors (Lipinski definition) is 0. The molecule has 2 rings (SSSR count). The van der Waals surface area contributed by atoms with E-state index >= 15 is 0 Å². The van der Waals surface area contributed by atoms with Crippen molar-refractivity contribution < 1.29 is 0 Å². The molecule has 0 fully saturated rings. The molecule has 0 amide bonds. The highest BCUT2D eigenvalue weighted by molar-refractivity contribution is 9.10. The van der Waals surface area contributed by atoms with Crippen LogP contribution in [0.15, 0.2) is 36.7 Å². The number of rotatable bonds is 0. The molecule has 0 spiro atoms. The Bertz CT molecular complexity index is 294. The van der Waals surface area contributed by atoms with Gasteiger partial charge >= 0.3 is 0 Å². The van der Waals surface area contributed by atoms with Gasteiger partial charge in [0.25, 0.3) is 0 Å². The van der Waals surface area contributed by atoms with Gasteiger partial charge in [-0.15, -0.1) is 0 Å². The van der Waals surface area contributed by atoms with Crippen LogP contribution in [0.4, 0.5) is 11.4 Å². The van der Waals surface area contributed by atoms with Crippen LogP contribution >= 0.6 is 32.3 Å². The van der Waals surface area contributed by atoms with E-state index in [4.69, 9.17) is 0 Å². The van der Waals surface area contributed by atoms with Crippen LogP contribution in [0, 0.1) is 0 Å². The van der Waals surface area contributed by atoms with Crippen molar-refractivity contribution in [1.82, 2.24) is 0 Å². The maximum absolute atomic E-state index is 3.41. The average Bonchev–Trinajstić information content (AvgIpc) is 2.12. The van der Waals surface area contributed by atoms with E-state index in [1.165, 1.54) is 0 Å². The topological polar surface area (TPSA) is 6.48 Å². The van der Waals surface area contributed by atoms with Gasteiger partial charge in [0.2, 0.25) is 0 Å². The van der Waals surface area contributed by atoms with Gasteiger partial charge in [-0.05, 0) is 12.1 Å². The molecule has 62 valence electrons. The highest BCUT2D eigenvalue weighted by Gasteiger charge is 2.13. The Morgan fingerprint density at radius 1 is 0.833 bits per heavy atom. The van der Waals surface area contributed by atoms with E-state index in [1.54, 1.807) is 0 Å². The maximum atomic E-state index is 3.41. The first-order valence-electron chi connectivity index (χ1n) is 3.46. The molecule has 0 saturated carbocycles. The third-order valence-corrected chi connectivity index (χ3v) is 2.91. The lowest BCUT2D eigenvalue weighted by Crippen LogP contribution is -2.13.